The second-order valence-electron chi connectivity index (χ2n) is 7.81. The third-order valence-corrected chi connectivity index (χ3v) is 4.40. The first-order valence-electron chi connectivity index (χ1n) is 9.58. The number of halogens is 1. The zero-order valence-corrected chi connectivity index (χ0v) is 18.8. The number of benzene rings is 1. The van der Waals surface area contributed by atoms with Crippen LogP contribution in [0, 0.1) is 0 Å². The minimum atomic E-state index is -0.814. The number of nitrogens with one attached hydrogen (secondary N) is 3. The summed E-state index contributed by atoms with van der Waals surface area (Å²) in [5, 5.41) is 11.6. The van der Waals surface area contributed by atoms with Crippen LogP contribution >= 0.6 is 15.9 Å². The molecule has 0 saturated heterocycles. The number of amides is 3. The predicted octanol–water partition coefficient (Wildman–Crippen LogP) is 1.85. The molecule has 0 aromatic heterocycles. The van der Waals surface area contributed by atoms with Crippen molar-refractivity contribution in [3.63, 3.8) is 0 Å². The van der Waals surface area contributed by atoms with Crippen LogP contribution in [0.1, 0.15) is 32.8 Å². The van der Waals surface area contributed by atoms with Crippen LogP contribution in [-0.4, -0.2) is 53.4 Å². The van der Waals surface area contributed by atoms with E-state index in [0.29, 0.717) is 17.5 Å². The Morgan fingerprint density at radius 1 is 1.23 bits per heavy atom. The van der Waals surface area contributed by atoms with Gasteiger partial charge < -0.3 is 25.5 Å². The molecule has 1 aliphatic rings. The number of carbonyl (C=O) groups excluding carboxylic acids is 3. The van der Waals surface area contributed by atoms with Crippen molar-refractivity contribution in [1.29, 1.82) is 0 Å². The molecule has 3 amide bonds. The molecule has 0 saturated carbocycles. The van der Waals surface area contributed by atoms with Crippen LogP contribution in [0.25, 0.3) is 0 Å². The number of rotatable bonds is 8. The van der Waals surface area contributed by atoms with E-state index in [1.807, 2.05) is 30.3 Å². The van der Waals surface area contributed by atoms with Gasteiger partial charge in [0, 0.05) is 12.8 Å². The van der Waals surface area contributed by atoms with Crippen molar-refractivity contribution in [3.8, 4) is 0 Å². The van der Waals surface area contributed by atoms with Gasteiger partial charge in [0.05, 0.1) is 6.54 Å². The highest BCUT2D eigenvalue weighted by Crippen LogP contribution is 2.13. The Morgan fingerprint density at radius 2 is 1.93 bits per heavy atom. The van der Waals surface area contributed by atoms with Crippen LogP contribution < -0.4 is 16.0 Å². The van der Waals surface area contributed by atoms with E-state index < -0.39 is 23.6 Å². The van der Waals surface area contributed by atoms with E-state index in [2.05, 4.69) is 37.0 Å². The maximum absolute atomic E-state index is 12.7. The number of oxime groups is 1. The van der Waals surface area contributed by atoms with Gasteiger partial charge in [0.1, 0.15) is 22.8 Å². The average molecular weight is 483 g/mol. The van der Waals surface area contributed by atoms with Gasteiger partial charge in [0.15, 0.2) is 6.10 Å². The topological polar surface area (TPSA) is 118 Å². The van der Waals surface area contributed by atoms with Gasteiger partial charge in [-0.1, -0.05) is 35.5 Å². The van der Waals surface area contributed by atoms with E-state index >= 15 is 0 Å². The second-order valence-corrected chi connectivity index (χ2v) is 8.72. The lowest BCUT2D eigenvalue weighted by molar-refractivity contribution is -0.128. The molecule has 0 bridgehead atoms. The van der Waals surface area contributed by atoms with Crippen LogP contribution in [-0.2, 0) is 25.6 Å². The standard InChI is InChI=1S/C20H27BrN4O5/c1-20(2,3)29-19(28)23-12-17(26)24-15(9-13-7-5-4-6-8-13)18(27)22-11-14-10-16(21)25-30-14/h4-8,14-15H,9-12H2,1-3H3,(H,22,27)(H,23,28)(H,24,26)/t14?,15-/m0/s1. The molecule has 1 heterocycles. The summed E-state index contributed by atoms with van der Waals surface area (Å²) in [5.74, 6) is -0.851. The lowest BCUT2D eigenvalue weighted by Crippen LogP contribution is -2.51. The van der Waals surface area contributed by atoms with Crippen molar-refractivity contribution < 1.29 is 24.0 Å². The second kappa shape index (κ2) is 11.0. The van der Waals surface area contributed by atoms with Gasteiger partial charge in [-0.3, -0.25) is 9.59 Å². The highest BCUT2D eigenvalue weighted by molar-refractivity contribution is 9.18. The fraction of sp³-hybridized carbons (Fsp3) is 0.500. The first-order valence-corrected chi connectivity index (χ1v) is 10.4. The van der Waals surface area contributed by atoms with Crippen molar-refractivity contribution >= 4 is 38.5 Å². The number of hydrogen-bond acceptors (Lipinski definition) is 6. The van der Waals surface area contributed by atoms with Crippen LogP contribution in [0.15, 0.2) is 35.5 Å². The summed E-state index contributed by atoms with van der Waals surface area (Å²) < 4.78 is 5.79. The number of carbonyl (C=O) groups is 3. The first kappa shape index (κ1) is 23.7. The number of ether oxygens (including phenoxy) is 1. The van der Waals surface area contributed by atoms with Crippen LogP contribution in [0.4, 0.5) is 4.79 Å². The van der Waals surface area contributed by atoms with Crippen LogP contribution in [0.3, 0.4) is 0 Å². The van der Waals surface area contributed by atoms with E-state index in [1.54, 1.807) is 20.8 Å². The summed E-state index contributed by atoms with van der Waals surface area (Å²) in [6, 6.07) is 8.52. The third kappa shape index (κ3) is 8.81. The van der Waals surface area contributed by atoms with Gasteiger partial charge in [-0.05, 0) is 42.3 Å². The highest BCUT2D eigenvalue weighted by Gasteiger charge is 2.25. The first-order chi connectivity index (χ1) is 14.1. The van der Waals surface area contributed by atoms with Crippen molar-refractivity contribution in [1.82, 2.24) is 16.0 Å². The van der Waals surface area contributed by atoms with Gasteiger partial charge in [-0.2, -0.15) is 0 Å². The lowest BCUT2D eigenvalue weighted by Gasteiger charge is -2.21. The molecule has 0 spiro atoms. The molecule has 2 atom stereocenters. The molecular formula is C20H27BrN4O5. The van der Waals surface area contributed by atoms with Crippen molar-refractivity contribution in [3.05, 3.63) is 35.9 Å². The third-order valence-electron chi connectivity index (χ3n) is 3.93. The fourth-order valence-electron chi connectivity index (χ4n) is 2.61. The molecule has 0 fully saturated rings. The summed E-state index contributed by atoms with van der Waals surface area (Å²) in [6.45, 7) is 5.13. The quantitative estimate of drug-likeness (QED) is 0.522. The Hall–Kier alpha value is -2.62. The van der Waals surface area contributed by atoms with Gasteiger partial charge in [0.25, 0.3) is 0 Å². The molecule has 1 unspecified atom stereocenters. The SMILES string of the molecule is CC(C)(C)OC(=O)NCC(=O)N[C@@H](Cc1ccccc1)C(=O)NCC1CC(Br)=NO1. The lowest BCUT2D eigenvalue weighted by atomic mass is 10.0. The van der Waals surface area contributed by atoms with Gasteiger partial charge in [0.2, 0.25) is 11.8 Å². The highest BCUT2D eigenvalue weighted by atomic mass is 79.9. The maximum Gasteiger partial charge on any atom is 0.408 e. The monoisotopic (exact) mass is 482 g/mol. The summed E-state index contributed by atoms with van der Waals surface area (Å²) >= 11 is 3.25. The normalized spacial score (nSPS) is 16.7. The van der Waals surface area contributed by atoms with Crippen molar-refractivity contribution in [2.45, 2.75) is 51.4 Å². The molecule has 164 valence electrons. The molecule has 1 aromatic rings. The van der Waals surface area contributed by atoms with E-state index in [1.165, 1.54) is 0 Å². The molecule has 2 rings (SSSR count). The molecular weight excluding hydrogens is 456 g/mol. The average Bonchev–Trinajstić information content (AvgIpc) is 3.09. The Labute approximate surface area is 184 Å². The molecule has 9 nitrogen and oxygen atoms in total. The summed E-state index contributed by atoms with van der Waals surface area (Å²) in [6.07, 6.45) is -0.0947. The molecule has 1 aliphatic heterocycles. The van der Waals surface area contributed by atoms with Crippen molar-refractivity contribution in [2.24, 2.45) is 5.16 Å². The number of hydrogen-bond donors (Lipinski definition) is 3. The molecule has 1 aromatic carbocycles. The minimum Gasteiger partial charge on any atom is -0.444 e. The maximum atomic E-state index is 12.7. The van der Waals surface area contributed by atoms with E-state index in [-0.39, 0.29) is 25.1 Å². The van der Waals surface area contributed by atoms with Crippen LogP contribution in [0.5, 0.6) is 0 Å². The number of nitrogens with zero attached hydrogens (tertiary/aromatic N) is 1. The molecule has 10 heteroatoms. The van der Waals surface area contributed by atoms with E-state index in [0.717, 1.165) is 5.56 Å². The predicted molar refractivity (Wildman–Crippen MR) is 115 cm³/mol. The Balaban J connectivity index is 1.90. The Bertz CT molecular complexity index is 779. The molecule has 3 N–H and O–H groups in total. The zero-order chi connectivity index (χ0) is 22.1. The van der Waals surface area contributed by atoms with Gasteiger partial charge in [-0.25, -0.2) is 4.79 Å². The fourth-order valence-corrected chi connectivity index (χ4v) is 3.06. The molecule has 30 heavy (non-hydrogen) atoms. The smallest absolute Gasteiger partial charge is 0.408 e. The summed E-state index contributed by atoms with van der Waals surface area (Å²) in [5.41, 5.74) is 0.221. The number of alkyl carbamates (subject to hydrolysis) is 1. The van der Waals surface area contributed by atoms with Gasteiger partial charge >= 0.3 is 6.09 Å². The van der Waals surface area contributed by atoms with Crippen LogP contribution in [0.2, 0.25) is 0 Å². The van der Waals surface area contributed by atoms with E-state index in [4.69, 9.17) is 9.57 Å². The zero-order valence-electron chi connectivity index (χ0n) is 17.2. The minimum absolute atomic E-state index is 0.259. The summed E-state index contributed by atoms with van der Waals surface area (Å²) in [7, 11) is 0. The van der Waals surface area contributed by atoms with Crippen molar-refractivity contribution in [2.75, 3.05) is 13.1 Å². The van der Waals surface area contributed by atoms with Gasteiger partial charge in [-0.15, -0.1) is 0 Å². The Morgan fingerprint density at radius 3 is 2.53 bits per heavy atom. The largest absolute Gasteiger partial charge is 0.444 e. The molecule has 0 aliphatic carbocycles. The Kier molecular flexibility index (Phi) is 8.64. The summed E-state index contributed by atoms with van der Waals surface area (Å²) in [4.78, 5) is 41.9. The van der Waals surface area contributed by atoms with E-state index in [9.17, 15) is 14.4 Å². The molecule has 0 radical (unpaired) electrons.